The van der Waals surface area contributed by atoms with Gasteiger partial charge in [-0.05, 0) is 70.1 Å². The smallest absolute Gasteiger partial charge is 0.274 e. The number of hydrogen-bond acceptors (Lipinski definition) is 6. The van der Waals surface area contributed by atoms with Crippen molar-refractivity contribution in [1.82, 2.24) is 9.71 Å². The third kappa shape index (κ3) is 7.43. The number of nitrogens with one attached hydrogen (secondary N) is 3. The molecule has 0 aliphatic heterocycles. The van der Waals surface area contributed by atoms with E-state index >= 15 is 0 Å². The highest BCUT2D eigenvalue weighted by atomic mass is 32.2. The average molecular weight is 466 g/mol. The number of benzene rings is 1. The van der Waals surface area contributed by atoms with Crippen molar-refractivity contribution in [3.63, 3.8) is 0 Å². The van der Waals surface area contributed by atoms with Gasteiger partial charge in [0.15, 0.2) is 22.3 Å². The monoisotopic (exact) mass is 465 g/mol. The Bertz CT molecular complexity index is 949. The SMILES string of the molecule is COc1ccc(NCCCCC(C)(C)N[S+]([O-])c2ccc(F)c(OCC3CC3)c2)c(=O)[nH]1. The molecule has 3 N–H and O–H groups in total. The van der Waals surface area contributed by atoms with Gasteiger partial charge in [0.1, 0.15) is 5.69 Å². The lowest BCUT2D eigenvalue weighted by Gasteiger charge is -2.26. The first kappa shape index (κ1) is 24.4. The van der Waals surface area contributed by atoms with Crippen LogP contribution in [-0.2, 0) is 11.4 Å². The van der Waals surface area contributed by atoms with Gasteiger partial charge in [0.2, 0.25) is 0 Å². The molecule has 1 heterocycles. The Morgan fingerprint density at radius 3 is 2.72 bits per heavy atom. The molecule has 0 spiro atoms. The summed E-state index contributed by atoms with van der Waals surface area (Å²) in [5.74, 6) is 0.651. The van der Waals surface area contributed by atoms with Crippen molar-refractivity contribution in [3.8, 4) is 11.6 Å². The second-order valence-electron chi connectivity index (χ2n) is 8.75. The quantitative estimate of drug-likeness (QED) is 0.306. The molecule has 1 atom stereocenters. The van der Waals surface area contributed by atoms with Gasteiger partial charge < -0.3 is 19.3 Å². The number of aromatic amines is 1. The standard InChI is InChI=1S/C23H32FN3O4S/c1-23(2,12-4-5-13-25-19-10-11-21(30-3)26-22(19)28)27-32(29)17-8-9-18(24)20(14-17)31-15-16-6-7-16/h8-11,14,16,25,27H,4-7,12-13,15H2,1-3H3,(H,26,28). The van der Waals surface area contributed by atoms with E-state index in [4.69, 9.17) is 9.47 Å². The number of anilines is 1. The van der Waals surface area contributed by atoms with Crippen LogP contribution >= 0.6 is 0 Å². The lowest BCUT2D eigenvalue weighted by atomic mass is 9.99. The highest BCUT2D eigenvalue weighted by Crippen LogP contribution is 2.31. The Morgan fingerprint density at radius 2 is 2.03 bits per heavy atom. The summed E-state index contributed by atoms with van der Waals surface area (Å²) in [5, 5.41) is 3.12. The molecule has 32 heavy (non-hydrogen) atoms. The van der Waals surface area contributed by atoms with Crippen molar-refractivity contribution in [3.05, 3.63) is 46.5 Å². The van der Waals surface area contributed by atoms with E-state index in [1.807, 2.05) is 13.8 Å². The molecule has 1 aromatic heterocycles. The Kier molecular flexibility index (Phi) is 8.44. The number of rotatable bonds is 13. The molecule has 1 fully saturated rings. The number of hydrogen-bond donors (Lipinski definition) is 3. The molecule has 1 aliphatic rings. The number of methoxy groups -OCH3 is 1. The topological polar surface area (TPSA) is 98.4 Å². The zero-order valence-electron chi connectivity index (χ0n) is 18.8. The predicted molar refractivity (Wildman–Crippen MR) is 124 cm³/mol. The minimum atomic E-state index is -1.48. The highest BCUT2D eigenvalue weighted by Gasteiger charge is 2.27. The molecule has 176 valence electrons. The third-order valence-electron chi connectivity index (χ3n) is 5.30. The summed E-state index contributed by atoms with van der Waals surface area (Å²) in [7, 11) is 1.50. The molecule has 0 amide bonds. The second-order valence-corrected chi connectivity index (χ2v) is 9.97. The molecule has 9 heteroatoms. The fourth-order valence-corrected chi connectivity index (χ4v) is 4.32. The molecule has 1 saturated carbocycles. The van der Waals surface area contributed by atoms with Crippen LogP contribution in [0.3, 0.4) is 0 Å². The Labute approximate surface area is 191 Å². The van der Waals surface area contributed by atoms with E-state index in [2.05, 4.69) is 15.0 Å². The van der Waals surface area contributed by atoms with Gasteiger partial charge in [0.25, 0.3) is 5.56 Å². The molecule has 7 nitrogen and oxygen atoms in total. The van der Waals surface area contributed by atoms with Crippen molar-refractivity contribution < 1.29 is 18.4 Å². The third-order valence-corrected chi connectivity index (χ3v) is 6.72. The van der Waals surface area contributed by atoms with Gasteiger partial charge in [0.05, 0.1) is 30.6 Å². The van der Waals surface area contributed by atoms with E-state index in [0.717, 1.165) is 32.1 Å². The lowest BCUT2D eigenvalue weighted by molar-refractivity contribution is 0.284. The second kappa shape index (κ2) is 11.1. The molecule has 0 radical (unpaired) electrons. The van der Waals surface area contributed by atoms with E-state index < -0.39 is 17.2 Å². The summed E-state index contributed by atoms with van der Waals surface area (Å²) in [6.45, 7) is 5.12. The van der Waals surface area contributed by atoms with E-state index in [1.54, 1.807) is 12.1 Å². The largest absolute Gasteiger partial charge is 0.593 e. The van der Waals surface area contributed by atoms with E-state index in [9.17, 15) is 13.7 Å². The Hall–Kier alpha value is -2.23. The van der Waals surface area contributed by atoms with Crippen LogP contribution in [0.4, 0.5) is 10.1 Å². The van der Waals surface area contributed by atoms with Crippen LogP contribution in [0.2, 0.25) is 0 Å². The van der Waals surface area contributed by atoms with Crippen LogP contribution in [0.1, 0.15) is 46.0 Å². The van der Waals surface area contributed by atoms with Crippen molar-refractivity contribution >= 4 is 17.0 Å². The van der Waals surface area contributed by atoms with Crippen LogP contribution < -0.4 is 25.1 Å². The summed E-state index contributed by atoms with van der Waals surface area (Å²) in [4.78, 5) is 15.1. The Morgan fingerprint density at radius 1 is 1.25 bits per heavy atom. The van der Waals surface area contributed by atoms with Crippen molar-refractivity contribution in [2.45, 2.75) is 56.4 Å². The predicted octanol–water partition coefficient (Wildman–Crippen LogP) is 3.98. The lowest BCUT2D eigenvalue weighted by Crippen LogP contribution is -2.43. The van der Waals surface area contributed by atoms with Gasteiger partial charge in [-0.15, -0.1) is 4.72 Å². The molecule has 2 aromatic rings. The number of ether oxygens (including phenoxy) is 2. The highest BCUT2D eigenvalue weighted by molar-refractivity contribution is 7.89. The maximum Gasteiger partial charge on any atom is 0.274 e. The first-order chi connectivity index (χ1) is 15.3. The van der Waals surface area contributed by atoms with Gasteiger partial charge >= 0.3 is 0 Å². The van der Waals surface area contributed by atoms with E-state index in [0.29, 0.717) is 35.5 Å². The first-order valence-corrected chi connectivity index (χ1v) is 12.1. The number of halogens is 1. The molecule has 0 bridgehead atoms. The molecular weight excluding hydrogens is 433 g/mol. The fraction of sp³-hybridized carbons (Fsp3) is 0.522. The number of unbranched alkanes of at least 4 members (excludes halogenated alkanes) is 1. The zero-order chi connectivity index (χ0) is 23.1. The van der Waals surface area contributed by atoms with Gasteiger partial charge in [-0.3, -0.25) is 9.78 Å². The number of aromatic nitrogens is 1. The molecule has 1 unspecified atom stereocenters. The summed E-state index contributed by atoms with van der Waals surface area (Å²) in [6.07, 6.45) is 4.74. The maximum absolute atomic E-state index is 14.0. The summed E-state index contributed by atoms with van der Waals surface area (Å²) in [5.41, 5.74) is -0.104. The van der Waals surface area contributed by atoms with Crippen LogP contribution in [-0.4, -0.2) is 35.3 Å². The Balaban J connectivity index is 1.43. The number of pyridine rings is 1. The van der Waals surface area contributed by atoms with Crippen molar-refractivity contribution in [2.75, 3.05) is 25.6 Å². The van der Waals surface area contributed by atoms with Crippen LogP contribution in [0.25, 0.3) is 0 Å². The van der Waals surface area contributed by atoms with Crippen molar-refractivity contribution in [1.29, 1.82) is 0 Å². The van der Waals surface area contributed by atoms with E-state index in [-0.39, 0.29) is 16.8 Å². The fourth-order valence-electron chi connectivity index (χ4n) is 3.19. The van der Waals surface area contributed by atoms with Crippen LogP contribution in [0.5, 0.6) is 11.6 Å². The van der Waals surface area contributed by atoms with Gasteiger partial charge in [-0.25, -0.2) is 4.39 Å². The minimum absolute atomic E-state index is 0.155. The summed E-state index contributed by atoms with van der Waals surface area (Å²) < 4.78 is 40.5. The zero-order valence-corrected chi connectivity index (χ0v) is 19.6. The van der Waals surface area contributed by atoms with Gasteiger partial charge in [0, 0.05) is 18.7 Å². The summed E-state index contributed by atoms with van der Waals surface area (Å²) in [6, 6.07) is 7.74. The average Bonchev–Trinajstić information content (AvgIpc) is 3.58. The van der Waals surface area contributed by atoms with Crippen molar-refractivity contribution in [2.24, 2.45) is 5.92 Å². The van der Waals surface area contributed by atoms with E-state index in [1.165, 1.54) is 25.3 Å². The molecule has 1 aromatic carbocycles. The molecular formula is C23H32FN3O4S. The van der Waals surface area contributed by atoms with Gasteiger partial charge in [-0.2, -0.15) is 0 Å². The first-order valence-electron chi connectivity index (χ1n) is 10.9. The van der Waals surface area contributed by atoms with Crippen LogP contribution in [0, 0.1) is 11.7 Å². The minimum Gasteiger partial charge on any atom is -0.593 e. The normalized spacial score (nSPS) is 14.8. The van der Waals surface area contributed by atoms with Crippen LogP contribution in [0.15, 0.2) is 40.0 Å². The van der Waals surface area contributed by atoms with Gasteiger partial charge in [-0.1, -0.05) is 0 Å². The molecule has 0 saturated heterocycles. The summed E-state index contributed by atoms with van der Waals surface area (Å²) >= 11 is -1.48. The molecule has 1 aliphatic carbocycles. The molecule has 3 rings (SSSR count). The number of H-pyrrole nitrogens is 1. The maximum atomic E-state index is 14.0.